The molecule has 0 unspecified atom stereocenters. The highest BCUT2D eigenvalue weighted by atomic mass is 19.4. The number of anilines is 2. The van der Waals surface area contributed by atoms with Crippen molar-refractivity contribution in [3.8, 4) is 11.8 Å². The number of halogens is 3. The first-order chi connectivity index (χ1) is 17.8. The number of benzene rings is 2. The second-order valence-electron chi connectivity index (χ2n) is 8.54. The van der Waals surface area contributed by atoms with E-state index in [4.69, 9.17) is 4.74 Å². The van der Waals surface area contributed by atoms with Crippen LogP contribution in [0, 0.1) is 18.8 Å². The van der Waals surface area contributed by atoms with Gasteiger partial charge in [-0.25, -0.2) is 9.50 Å². The van der Waals surface area contributed by atoms with Crippen molar-refractivity contribution in [3.63, 3.8) is 0 Å². The summed E-state index contributed by atoms with van der Waals surface area (Å²) in [6.07, 6.45) is -1.31. The molecule has 3 heterocycles. The Morgan fingerprint density at radius 3 is 2.68 bits per heavy atom. The molecule has 2 aromatic heterocycles. The maximum absolute atomic E-state index is 13.6. The Hall–Kier alpha value is -4.36. The Morgan fingerprint density at radius 1 is 1.08 bits per heavy atom. The summed E-state index contributed by atoms with van der Waals surface area (Å²) in [6, 6.07) is 12.1. The van der Waals surface area contributed by atoms with Gasteiger partial charge in [0.25, 0.3) is 5.91 Å². The number of aryl methyl sites for hydroxylation is 1. The average Bonchev–Trinajstić information content (AvgIpc) is 3.31. The molecule has 1 aliphatic heterocycles. The van der Waals surface area contributed by atoms with Crippen molar-refractivity contribution >= 4 is 22.9 Å². The Morgan fingerprint density at radius 2 is 1.89 bits per heavy atom. The molecule has 0 bridgehead atoms. The molecule has 0 atom stereocenters. The molecule has 1 fully saturated rings. The molecular weight excluding hydrogens is 483 g/mol. The minimum absolute atomic E-state index is 0.0614. The highest BCUT2D eigenvalue weighted by Gasteiger charge is 2.32. The Labute approximate surface area is 210 Å². The van der Waals surface area contributed by atoms with E-state index in [1.807, 2.05) is 17.9 Å². The van der Waals surface area contributed by atoms with Gasteiger partial charge in [0.1, 0.15) is 5.69 Å². The van der Waals surface area contributed by atoms with Crippen LogP contribution >= 0.6 is 0 Å². The van der Waals surface area contributed by atoms with Crippen molar-refractivity contribution in [2.45, 2.75) is 13.1 Å². The summed E-state index contributed by atoms with van der Waals surface area (Å²) >= 11 is 0. The lowest BCUT2D eigenvalue weighted by Crippen LogP contribution is -2.36. The molecule has 4 aromatic rings. The number of carbonyl (C=O) groups is 1. The van der Waals surface area contributed by atoms with Crippen LogP contribution in [0.3, 0.4) is 0 Å². The SMILES string of the molecule is Cc1ccc(C(=O)Nc2cc(N3CCOCC3)cc(C(F)(F)F)c2)cc1C#Cc1cnc2cccnn12. The van der Waals surface area contributed by atoms with Crippen LogP contribution in [-0.2, 0) is 10.9 Å². The largest absolute Gasteiger partial charge is 0.416 e. The third-order valence-electron chi connectivity index (χ3n) is 5.98. The van der Waals surface area contributed by atoms with Crippen molar-refractivity contribution in [1.82, 2.24) is 14.6 Å². The van der Waals surface area contributed by atoms with Crippen LogP contribution in [0.5, 0.6) is 0 Å². The van der Waals surface area contributed by atoms with Gasteiger partial charge in [0, 0.05) is 41.8 Å². The first-order valence-electron chi connectivity index (χ1n) is 11.6. The summed E-state index contributed by atoms with van der Waals surface area (Å²) < 4.78 is 47.7. The third kappa shape index (κ3) is 5.42. The number of carbonyl (C=O) groups excluding carboxylic acids is 1. The summed E-state index contributed by atoms with van der Waals surface area (Å²) in [5, 5.41) is 6.85. The van der Waals surface area contributed by atoms with Crippen LogP contribution in [0.25, 0.3) is 5.65 Å². The van der Waals surface area contributed by atoms with Crippen molar-refractivity contribution in [3.05, 3.63) is 88.9 Å². The molecular formula is C27H22F3N5O2. The maximum Gasteiger partial charge on any atom is 0.416 e. The van der Waals surface area contributed by atoms with E-state index in [1.165, 1.54) is 0 Å². The third-order valence-corrected chi connectivity index (χ3v) is 5.98. The number of ether oxygens (including phenoxy) is 1. The molecule has 2 aromatic carbocycles. The van der Waals surface area contributed by atoms with E-state index >= 15 is 0 Å². The van der Waals surface area contributed by atoms with Crippen molar-refractivity contribution < 1.29 is 22.7 Å². The Kier molecular flexibility index (Phi) is 6.54. The molecule has 0 aliphatic carbocycles. The fraction of sp³-hybridized carbons (Fsp3) is 0.222. The molecule has 1 aliphatic rings. The Bertz CT molecular complexity index is 1530. The number of amides is 1. The summed E-state index contributed by atoms with van der Waals surface area (Å²) in [5.74, 6) is 5.54. The van der Waals surface area contributed by atoms with Crippen molar-refractivity contribution in [1.29, 1.82) is 0 Å². The minimum atomic E-state index is -4.55. The average molecular weight is 506 g/mol. The van der Waals surface area contributed by atoms with Gasteiger partial charge in [-0.05, 0) is 60.9 Å². The van der Waals surface area contributed by atoms with Gasteiger partial charge in [0.2, 0.25) is 0 Å². The van der Waals surface area contributed by atoms with Gasteiger partial charge in [-0.3, -0.25) is 4.79 Å². The normalized spacial score (nSPS) is 13.8. The molecule has 0 radical (unpaired) electrons. The second kappa shape index (κ2) is 9.95. The Balaban J connectivity index is 1.42. The number of nitrogens with one attached hydrogen (secondary N) is 1. The van der Waals surface area contributed by atoms with Gasteiger partial charge in [0.05, 0.1) is 25.0 Å². The number of aromatic nitrogens is 3. The van der Waals surface area contributed by atoms with Gasteiger partial charge in [-0.2, -0.15) is 18.3 Å². The predicted molar refractivity (Wildman–Crippen MR) is 133 cm³/mol. The van der Waals surface area contributed by atoms with Gasteiger partial charge < -0.3 is 15.0 Å². The van der Waals surface area contributed by atoms with Gasteiger partial charge in [0.15, 0.2) is 5.65 Å². The number of fused-ring (bicyclic) bond motifs is 1. The van der Waals surface area contributed by atoms with E-state index in [0.717, 1.165) is 17.7 Å². The molecule has 1 amide bonds. The fourth-order valence-electron chi connectivity index (χ4n) is 4.00. The first kappa shape index (κ1) is 24.3. The zero-order valence-electron chi connectivity index (χ0n) is 19.8. The van der Waals surface area contributed by atoms with E-state index in [9.17, 15) is 18.0 Å². The topological polar surface area (TPSA) is 71.8 Å². The van der Waals surface area contributed by atoms with E-state index in [0.29, 0.717) is 48.9 Å². The highest BCUT2D eigenvalue weighted by molar-refractivity contribution is 6.04. The molecule has 1 saturated heterocycles. The molecule has 0 spiro atoms. The number of hydrogen-bond acceptors (Lipinski definition) is 5. The van der Waals surface area contributed by atoms with Gasteiger partial charge >= 0.3 is 6.18 Å². The molecule has 37 heavy (non-hydrogen) atoms. The maximum atomic E-state index is 13.6. The van der Waals surface area contributed by atoms with Gasteiger partial charge in [-0.1, -0.05) is 12.0 Å². The number of morpholine rings is 1. The zero-order valence-corrected chi connectivity index (χ0v) is 19.8. The van der Waals surface area contributed by atoms with E-state index in [2.05, 4.69) is 27.2 Å². The molecule has 5 rings (SSSR count). The summed E-state index contributed by atoms with van der Waals surface area (Å²) in [5.41, 5.74) is 2.59. The van der Waals surface area contributed by atoms with E-state index in [1.54, 1.807) is 47.2 Å². The van der Waals surface area contributed by atoms with Crippen LogP contribution in [0.15, 0.2) is 60.9 Å². The summed E-state index contributed by atoms with van der Waals surface area (Å²) in [4.78, 5) is 19.1. The first-order valence-corrected chi connectivity index (χ1v) is 11.6. The number of nitrogens with zero attached hydrogens (tertiary/aromatic N) is 4. The standard InChI is InChI=1S/C27H22F3N5O2/c1-18-4-5-20(13-19(18)6-7-23-17-31-25-3-2-8-32-35(23)25)26(36)33-22-14-21(27(28,29)30)15-24(16-22)34-9-11-37-12-10-34/h2-5,8,13-17H,9-12H2,1H3,(H,33,36). The quantitative estimate of drug-likeness (QED) is 0.414. The number of rotatable bonds is 3. The lowest BCUT2D eigenvalue weighted by Gasteiger charge is -2.29. The minimum Gasteiger partial charge on any atom is -0.378 e. The molecule has 10 heteroatoms. The second-order valence-corrected chi connectivity index (χ2v) is 8.54. The zero-order chi connectivity index (χ0) is 26.0. The van der Waals surface area contributed by atoms with Crippen LogP contribution < -0.4 is 10.2 Å². The molecule has 7 nitrogen and oxygen atoms in total. The predicted octanol–water partition coefficient (Wildman–Crippen LogP) is 4.55. The van der Waals surface area contributed by atoms with Crippen LogP contribution in [-0.4, -0.2) is 46.8 Å². The molecule has 188 valence electrons. The van der Waals surface area contributed by atoms with Crippen LogP contribution in [0.4, 0.5) is 24.5 Å². The summed E-state index contributed by atoms with van der Waals surface area (Å²) in [7, 11) is 0. The monoisotopic (exact) mass is 505 g/mol. The van der Waals surface area contributed by atoms with Crippen LogP contribution in [0.2, 0.25) is 0 Å². The number of alkyl halides is 3. The van der Waals surface area contributed by atoms with Crippen molar-refractivity contribution in [2.24, 2.45) is 0 Å². The van der Waals surface area contributed by atoms with E-state index < -0.39 is 17.6 Å². The number of hydrogen-bond donors (Lipinski definition) is 1. The molecule has 0 saturated carbocycles. The smallest absolute Gasteiger partial charge is 0.378 e. The summed E-state index contributed by atoms with van der Waals surface area (Å²) in [6.45, 7) is 3.65. The number of imidazole rings is 1. The van der Waals surface area contributed by atoms with E-state index in [-0.39, 0.29) is 11.3 Å². The lowest BCUT2D eigenvalue weighted by atomic mass is 10.0. The van der Waals surface area contributed by atoms with Crippen molar-refractivity contribution in [2.75, 3.05) is 36.5 Å². The molecule has 1 N–H and O–H groups in total. The lowest BCUT2D eigenvalue weighted by molar-refractivity contribution is -0.137. The van der Waals surface area contributed by atoms with Crippen LogP contribution in [0.1, 0.15) is 32.7 Å². The fourth-order valence-corrected chi connectivity index (χ4v) is 4.00. The highest BCUT2D eigenvalue weighted by Crippen LogP contribution is 2.35. The van der Waals surface area contributed by atoms with Gasteiger partial charge in [-0.15, -0.1) is 0 Å².